The van der Waals surface area contributed by atoms with E-state index < -0.39 is 0 Å². The molecule has 102 valence electrons. The summed E-state index contributed by atoms with van der Waals surface area (Å²) in [6, 6.07) is 0. The number of esters is 1. The van der Waals surface area contributed by atoms with E-state index in [0.717, 1.165) is 19.3 Å². The predicted octanol–water partition coefficient (Wildman–Crippen LogP) is 2.20. The Morgan fingerprint density at radius 1 is 1.33 bits per heavy atom. The number of ether oxygens (including phenoxy) is 1. The highest BCUT2D eigenvalue weighted by Crippen LogP contribution is 2.19. The van der Waals surface area contributed by atoms with Crippen LogP contribution in [0.25, 0.3) is 0 Å². The number of imide groups is 1. The lowest BCUT2D eigenvalue weighted by molar-refractivity contribution is -0.143. The molecule has 1 aliphatic heterocycles. The van der Waals surface area contributed by atoms with E-state index in [2.05, 4.69) is 0 Å². The van der Waals surface area contributed by atoms with Crippen molar-refractivity contribution in [3.63, 3.8) is 0 Å². The molecule has 2 amide bonds. The molecule has 1 heterocycles. The molecule has 0 bridgehead atoms. The van der Waals surface area contributed by atoms with Crippen molar-refractivity contribution < 1.29 is 19.1 Å². The zero-order valence-corrected chi connectivity index (χ0v) is 11.5. The highest BCUT2D eigenvalue weighted by atomic mass is 32.2. The van der Waals surface area contributed by atoms with Crippen molar-refractivity contribution in [3.05, 3.63) is 0 Å². The molecule has 0 aromatic rings. The van der Waals surface area contributed by atoms with Gasteiger partial charge < -0.3 is 4.74 Å². The SMILES string of the molecule is CCOC(=O)CCCCCN1C(=O)CCSC1=O. The number of hydrogen-bond acceptors (Lipinski definition) is 5. The Bertz CT molecular complexity index is 303. The van der Waals surface area contributed by atoms with E-state index in [-0.39, 0.29) is 17.1 Å². The summed E-state index contributed by atoms with van der Waals surface area (Å²) >= 11 is 1.20. The molecule has 0 N–H and O–H groups in total. The van der Waals surface area contributed by atoms with Crippen molar-refractivity contribution in [1.29, 1.82) is 0 Å². The first-order valence-corrected chi connectivity index (χ1v) is 7.26. The Balaban J connectivity index is 2.11. The van der Waals surface area contributed by atoms with Crippen molar-refractivity contribution in [2.45, 2.75) is 39.0 Å². The quantitative estimate of drug-likeness (QED) is 0.525. The van der Waals surface area contributed by atoms with Crippen LogP contribution in [0.2, 0.25) is 0 Å². The third kappa shape index (κ3) is 5.08. The second kappa shape index (κ2) is 8.13. The van der Waals surface area contributed by atoms with Gasteiger partial charge in [-0.15, -0.1) is 0 Å². The van der Waals surface area contributed by atoms with Gasteiger partial charge in [0.05, 0.1) is 6.61 Å². The van der Waals surface area contributed by atoms with E-state index in [1.54, 1.807) is 6.92 Å². The maximum atomic E-state index is 11.5. The summed E-state index contributed by atoms with van der Waals surface area (Å²) in [5.74, 6) is 0.333. The van der Waals surface area contributed by atoms with Crippen LogP contribution in [0.1, 0.15) is 39.0 Å². The number of carbonyl (C=O) groups is 3. The molecule has 0 aliphatic carbocycles. The van der Waals surface area contributed by atoms with Crippen molar-refractivity contribution >= 4 is 28.9 Å². The molecule has 0 saturated carbocycles. The Morgan fingerprint density at radius 3 is 2.78 bits per heavy atom. The van der Waals surface area contributed by atoms with Crippen LogP contribution in [0.5, 0.6) is 0 Å². The minimum Gasteiger partial charge on any atom is -0.466 e. The Hall–Kier alpha value is -1.04. The van der Waals surface area contributed by atoms with Gasteiger partial charge in [0.25, 0.3) is 5.24 Å². The van der Waals surface area contributed by atoms with Crippen molar-refractivity contribution in [3.8, 4) is 0 Å². The van der Waals surface area contributed by atoms with Crippen LogP contribution < -0.4 is 0 Å². The number of carbonyl (C=O) groups excluding carboxylic acids is 3. The van der Waals surface area contributed by atoms with Crippen LogP contribution in [0, 0.1) is 0 Å². The molecule has 1 saturated heterocycles. The number of amides is 2. The molecule has 1 rings (SSSR count). The molecule has 0 spiro atoms. The summed E-state index contributed by atoms with van der Waals surface area (Å²) in [6.45, 7) is 2.66. The lowest BCUT2D eigenvalue weighted by Crippen LogP contribution is -2.38. The summed E-state index contributed by atoms with van der Waals surface area (Å²) < 4.78 is 4.81. The zero-order chi connectivity index (χ0) is 13.4. The van der Waals surface area contributed by atoms with Gasteiger partial charge in [-0.05, 0) is 19.8 Å². The second-order valence-electron chi connectivity index (χ2n) is 4.03. The van der Waals surface area contributed by atoms with Crippen LogP contribution in [-0.4, -0.2) is 40.9 Å². The minimum atomic E-state index is -0.182. The second-order valence-corrected chi connectivity index (χ2v) is 5.07. The minimum absolute atomic E-state index is 0.0795. The van der Waals surface area contributed by atoms with Gasteiger partial charge in [0.1, 0.15) is 0 Å². The number of thioether (sulfide) groups is 1. The first-order valence-electron chi connectivity index (χ1n) is 6.28. The van der Waals surface area contributed by atoms with E-state index in [9.17, 15) is 14.4 Å². The van der Waals surface area contributed by atoms with Crippen molar-refractivity contribution in [2.75, 3.05) is 18.9 Å². The summed E-state index contributed by atoms with van der Waals surface area (Å²) in [7, 11) is 0. The third-order valence-electron chi connectivity index (χ3n) is 2.63. The Morgan fingerprint density at radius 2 is 2.11 bits per heavy atom. The fourth-order valence-corrected chi connectivity index (χ4v) is 2.51. The number of hydrogen-bond donors (Lipinski definition) is 0. The van der Waals surface area contributed by atoms with Gasteiger partial charge >= 0.3 is 5.97 Å². The Labute approximate surface area is 111 Å². The monoisotopic (exact) mass is 273 g/mol. The van der Waals surface area contributed by atoms with E-state index >= 15 is 0 Å². The van der Waals surface area contributed by atoms with Gasteiger partial charge in [0.15, 0.2) is 0 Å². The van der Waals surface area contributed by atoms with Crippen LogP contribution in [0.3, 0.4) is 0 Å². The third-order valence-corrected chi connectivity index (χ3v) is 3.51. The predicted molar refractivity (Wildman–Crippen MR) is 69.3 cm³/mol. The molecule has 0 atom stereocenters. The zero-order valence-electron chi connectivity index (χ0n) is 10.6. The summed E-state index contributed by atoms with van der Waals surface area (Å²) in [5.41, 5.74) is 0. The fourth-order valence-electron chi connectivity index (χ4n) is 1.71. The molecule has 6 heteroatoms. The highest BCUT2D eigenvalue weighted by Gasteiger charge is 2.25. The lowest BCUT2D eigenvalue weighted by atomic mass is 10.2. The van der Waals surface area contributed by atoms with Gasteiger partial charge in [-0.25, -0.2) is 0 Å². The molecular weight excluding hydrogens is 254 g/mol. The van der Waals surface area contributed by atoms with Gasteiger partial charge in [-0.2, -0.15) is 0 Å². The molecule has 0 aromatic heterocycles. The molecular formula is C12H19NO4S. The standard InChI is InChI=1S/C12H19NO4S/c1-2-17-11(15)6-4-3-5-8-13-10(14)7-9-18-12(13)16/h2-9H2,1H3. The Kier molecular flexibility index (Phi) is 6.78. The van der Waals surface area contributed by atoms with Crippen LogP contribution in [0.15, 0.2) is 0 Å². The van der Waals surface area contributed by atoms with Crippen LogP contribution in [0.4, 0.5) is 4.79 Å². The fraction of sp³-hybridized carbons (Fsp3) is 0.750. The van der Waals surface area contributed by atoms with Gasteiger partial charge in [-0.1, -0.05) is 18.2 Å². The topological polar surface area (TPSA) is 63.7 Å². The van der Waals surface area contributed by atoms with E-state index in [0.29, 0.717) is 31.7 Å². The smallest absolute Gasteiger partial charge is 0.305 e. The van der Waals surface area contributed by atoms with E-state index in [1.165, 1.54) is 16.7 Å². The molecule has 1 aliphatic rings. The summed E-state index contributed by atoms with van der Waals surface area (Å²) in [5, 5.41) is -0.142. The first kappa shape index (κ1) is 15.0. The van der Waals surface area contributed by atoms with E-state index in [1.807, 2.05) is 0 Å². The van der Waals surface area contributed by atoms with Gasteiger partial charge in [0.2, 0.25) is 5.91 Å². The average molecular weight is 273 g/mol. The number of nitrogens with zero attached hydrogens (tertiary/aromatic N) is 1. The lowest BCUT2D eigenvalue weighted by Gasteiger charge is -2.23. The summed E-state index contributed by atoms with van der Waals surface area (Å²) in [6.07, 6.45) is 3.16. The molecule has 0 aromatic carbocycles. The van der Waals surface area contributed by atoms with Crippen molar-refractivity contribution in [1.82, 2.24) is 4.90 Å². The highest BCUT2D eigenvalue weighted by molar-refractivity contribution is 8.13. The summed E-state index contributed by atoms with van der Waals surface area (Å²) in [4.78, 5) is 35.3. The van der Waals surface area contributed by atoms with Crippen LogP contribution in [-0.2, 0) is 14.3 Å². The average Bonchev–Trinajstić information content (AvgIpc) is 2.32. The van der Waals surface area contributed by atoms with E-state index in [4.69, 9.17) is 4.74 Å². The van der Waals surface area contributed by atoms with Gasteiger partial charge in [0, 0.05) is 25.1 Å². The first-order chi connectivity index (χ1) is 8.65. The molecule has 18 heavy (non-hydrogen) atoms. The molecule has 5 nitrogen and oxygen atoms in total. The molecule has 1 fully saturated rings. The largest absolute Gasteiger partial charge is 0.466 e. The molecule has 0 unspecified atom stereocenters. The number of unbranched alkanes of at least 4 members (excludes halogenated alkanes) is 2. The normalized spacial score (nSPS) is 15.9. The van der Waals surface area contributed by atoms with Crippen LogP contribution >= 0.6 is 11.8 Å². The number of rotatable bonds is 7. The maximum absolute atomic E-state index is 11.5. The molecule has 0 radical (unpaired) electrons. The maximum Gasteiger partial charge on any atom is 0.305 e. The van der Waals surface area contributed by atoms with Gasteiger partial charge in [-0.3, -0.25) is 19.3 Å². The van der Waals surface area contributed by atoms with Crippen molar-refractivity contribution in [2.24, 2.45) is 0 Å².